The topological polar surface area (TPSA) is 39.2 Å². The van der Waals surface area contributed by atoms with E-state index >= 15 is 0 Å². The van der Waals surface area contributed by atoms with Crippen LogP contribution in [0.15, 0.2) is 173 Å². The molecule has 0 saturated carbocycles. The van der Waals surface area contributed by atoms with Gasteiger partial charge in [0.2, 0.25) is 0 Å². The van der Waals surface area contributed by atoms with Crippen molar-refractivity contribution in [2.75, 3.05) is 0 Å². The molecule has 3 heteroatoms. The number of rotatable bonds is 4. The largest absolute Gasteiger partial charge is 0.455 e. The molecule has 0 atom stereocenters. The summed E-state index contributed by atoms with van der Waals surface area (Å²) >= 11 is 0. The summed E-state index contributed by atoms with van der Waals surface area (Å²) < 4.78 is 13.2. The molecular weight excluding hydrogens is 587 g/mol. The van der Waals surface area contributed by atoms with Crippen molar-refractivity contribution < 1.29 is 8.83 Å². The van der Waals surface area contributed by atoms with E-state index in [4.69, 9.17) is 13.8 Å². The molecule has 224 valence electrons. The van der Waals surface area contributed by atoms with Gasteiger partial charge >= 0.3 is 0 Å². The molecule has 10 aromatic rings. The van der Waals surface area contributed by atoms with Crippen LogP contribution >= 0.6 is 0 Å². The number of pyridine rings is 1. The Labute approximate surface area is 276 Å². The Hall–Kier alpha value is -6.45. The van der Waals surface area contributed by atoms with Crippen LogP contribution in [-0.4, -0.2) is 4.98 Å². The molecular formula is C45H27NO2. The predicted molar refractivity (Wildman–Crippen MR) is 198 cm³/mol. The molecule has 48 heavy (non-hydrogen) atoms. The van der Waals surface area contributed by atoms with E-state index < -0.39 is 0 Å². The third-order valence-corrected chi connectivity index (χ3v) is 9.53. The lowest BCUT2D eigenvalue weighted by Crippen LogP contribution is -1.87. The smallest absolute Gasteiger partial charge is 0.146 e. The van der Waals surface area contributed by atoms with Gasteiger partial charge in [-0.1, -0.05) is 115 Å². The van der Waals surface area contributed by atoms with Crippen LogP contribution in [-0.2, 0) is 0 Å². The summed E-state index contributed by atoms with van der Waals surface area (Å²) in [6, 6.07) is 53.4. The van der Waals surface area contributed by atoms with Crippen LogP contribution in [0, 0.1) is 0 Å². The maximum absolute atomic E-state index is 6.68. The fourth-order valence-electron chi connectivity index (χ4n) is 7.25. The Kier molecular flexibility index (Phi) is 5.87. The summed E-state index contributed by atoms with van der Waals surface area (Å²) in [5.41, 5.74) is 12.2. The summed E-state index contributed by atoms with van der Waals surface area (Å²) in [6.45, 7) is 0. The van der Waals surface area contributed by atoms with E-state index in [9.17, 15) is 0 Å². The maximum atomic E-state index is 6.68. The van der Waals surface area contributed by atoms with Crippen molar-refractivity contribution in [1.29, 1.82) is 0 Å². The zero-order chi connectivity index (χ0) is 31.6. The molecule has 0 unspecified atom stereocenters. The fourth-order valence-corrected chi connectivity index (χ4v) is 7.25. The van der Waals surface area contributed by atoms with E-state index in [1.54, 1.807) is 0 Å². The van der Waals surface area contributed by atoms with Gasteiger partial charge in [-0.05, 0) is 80.6 Å². The van der Waals surface area contributed by atoms with Crippen molar-refractivity contribution in [2.24, 2.45) is 0 Å². The molecule has 0 aliphatic rings. The normalized spacial score (nSPS) is 11.8. The number of nitrogens with zero attached hydrogens (tertiary/aromatic N) is 1. The van der Waals surface area contributed by atoms with Gasteiger partial charge in [-0.3, -0.25) is 4.98 Å². The molecule has 7 aromatic carbocycles. The second kappa shape index (κ2) is 10.5. The van der Waals surface area contributed by atoms with Gasteiger partial charge in [0.25, 0.3) is 0 Å². The molecule has 0 aliphatic heterocycles. The van der Waals surface area contributed by atoms with Crippen LogP contribution in [0.1, 0.15) is 0 Å². The molecule has 0 saturated heterocycles. The van der Waals surface area contributed by atoms with Gasteiger partial charge in [0.1, 0.15) is 22.3 Å². The van der Waals surface area contributed by atoms with Crippen molar-refractivity contribution in [1.82, 2.24) is 4.98 Å². The first-order chi connectivity index (χ1) is 23.8. The maximum Gasteiger partial charge on any atom is 0.146 e. The van der Waals surface area contributed by atoms with Crippen LogP contribution < -0.4 is 0 Å². The average molecular weight is 614 g/mol. The SMILES string of the molecule is c1ccc(-c2cc(-c3cccc4c3oc3ccccc34)cc(-c3cccc4oc5c(-c6ccc7ccccc7c6)cncc5c34)c2)cc1. The number of aromatic nitrogens is 1. The molecule has 0 aliphatic carbocycles. The first-order valence-electron chi connectivity index (χ1n) is 16.2. The van der Waals surface area contributed by atoms with Gasteiger partial charge in [-0.25, -0.2) is 0 Å². The lowest BCUT2D eigenvalue weighted by atomic mass is 9.91. The average Bonchev–Trinajstić information content (AvgIpc) is 3.73. The molecule has 0 fully saturated rings. The number of furan rings is 2. The van der Waals surface area contributed by atoms with Gasteiger partial charge in [-0.15, -0.1) is 0 Å². The number of hydrogen-bond donors (Lipinski definition) is 0. The predicted octanol–water partition coefficient (Wildman–Crippen LogP) is 12.7. The van der Waals surface area contributed by atoms with Crippen LogP contribution in [0.4, 0.5) is 0 Å². The van der Waals surface area contributed by atoms with E-state index in [0.29, 0.717) is 0 Å². The summed E-state index contributed by atoms with van der Waals surface area (Å²) in [7, 11) is 0. The van der Waals surface area contributed by atoms with Gasteiger partial charge in [0.05, 0.1) is 0 Å². The van der Waals surface area contributed by atoms with Crippen molar-refractivity contribution in [3.8, 4) is 44.5 Å². The van der Waals surface area contributed by atoms with Crippen molar-refractivity contribution >= 4 is 54.6 Å². The molecule has 0 N–H and O–H groups in total. The summed E-state index contributed by atoms with van der Waals surface area (Å²) in [4.78, 5) is 4.74. The highest BCUT2D eigenvalue weighted by atomic mass is 16.3. The zero-order valence-corrected chi connectivity index (χ0v) is 25.9. The van der Waals surface area contributed by atoms with Gasteiger partial charge in [0.15, 0.2) is 0 Å². The van der Waals surface area contributed by atoms with E-state index in [2.05, 4.69) is 140 Å². The minimum absolute atomic E-state index is 0.837. The highest BCUT2D eigenvalue weighted by Gasteiger charge is 2.19. The number of para-hydroxylation sites is 2. The van der Waals surface area contributed by atoms with Gasteiger partial charge in [0, 0.05) is 45.1 Å². The first-order valence-corrected chi connectivity index (χ1v) is 16.2. The second-order valence-electron chi connectivity index (χ2n) is 12.4. The van der Waals surface area contributed by atoms with E-state index in [1.807, 2.05) is 24.5 Å². The van der Waals surface area contributed by atoms with E-state index in [1.165, 1.54) is 10.8 Å². The molecule has 0 spiro atoms. The quantitative estimate of drug-likeness (QED) is 0.198. The standard InChI is InChI=1S/C45H27NO2/c1-2-10-28(11-3-1)32-23-33(25-34(24-32)36-16-8-17-38-37-14-6-7-18-41(37)47-44(36)38)35-15-9-19-42-43(35)40-27-46-26-39(45(40)48-42)31-21-20-29-12-4-5-13-30(29)22-31/h1-27H. The fraction of sp³-hybridized carbons (Fsp3) is 0. The van der Waals surface area contributed by atoms with Crippen LogP contribution in [0.25, 0.3) is 99.2 Å². The molecule has 3 nitrogen and oxygen atoms in total. The van der Waals surface area contributed by atoms with Crippen LogP contribution in [0.5, 0.6) is 0 Å². The van der Waals surface area contributed by atoms with Crippen LogP contribution in [0.2, 0.25) is 0 Å². The number of benzene rings is 7. The molecule has 0 radical (unpaired) electrons. The van der Waals surface area contributed by atoms with Crippen LogP contribution in [0.3, 0.4) is 0 Å². The molecule has 3 aromatic heterocycles. The van der Waals surface area contributed by atoms with Crippen molar-refractivity contribution in [2.45, 2.75) is 0 Å². The van der Waals surface area contributed by atoms with Crippen molar-refractivity contribution in [3.05, 3.63) is 164 Å². The lowest BCUT2D eigenvalue weighted by Gasteiger charge is -2.12. The molecule has 0 bridgehead atoms. The third-order valence-electron chi connectivity index (χ3n) is 9.53. The Bertz CT molecular complexity index is 2840. The van der Waals surface area contributed by atoms with E-state index in [0.717, 1.165) is 88.4 Å². The summed E-state index contributed by atoms with van der Waals surface area (Å²) in [6.07, 6.45) is 3.85. The number of fused-ring (bicyclic) bond motifs is 7. The highest BCUT2D eigenvalue weighted by molar-refractivity contribution is 6.16. The molecule has 0 amide bonds. The minimum atomic E-state index is 0.837. The van der Waals surface area contributed by atoms with Crippen molar-refractivity contribution in [3.63, 3.8) is 0 Å². The second-order valence-corrected chi connectivity index (χ2v) is 12.4. The highest BCUT2D eigenvalue weighted by Crippen LogP contribution is 2.43. The molecule has 3 heterocycles. The monoisotopic (exact) mass is 613 g/mol. The zero-order valence-electron chi connectivity index (χ0n) is 25.9. The third kappa shape index (κ3) is 4.18. The Morgan fingerprint density at radius 2 is 1.02 bits per heavy atom. The molecule has 10 rings (SSSR count). The Balaban J connectivity index is 1.22. The van der Waals surface area contributed by atoms with Gasteiger partial charge < -0.3 is 8.83 Å². The lowest BCUT2D eigenvalue weighted by molar-refractivity contribution is 0.669. The minimum Gasteiger partial charge on any atom is -0.455 e. The summed E-state index contributed by atoms with van der Waals surface area (Å²) in [5, 5.41) is 6.69. The van der Waals surface area contributed by atoms with Gasteiger partial charge in [-0.2, -0.15) is 0 Å². The number of hydrogen-bond acceptors (Lipinski definition) is 3. The first kappa shape index (κ1) is 26.7. The van der Waals surface area contributed by atoms with E-state index in [-0.39, 0.29) is 0 Å². The Morgan fingerprint density at radius 1 is 0.354 bits per heavy atom. The Morgan fingerprint density at radius 3 is 1.94 bits per heavy atom. The summed E-state index contributed by atoms with van der Waals surface area (Å²) in [5.74, 6) is 0.